The summed E-state index contributed by atoms with van der Waals surface area (Å²) in [5, 5.41) is 4.32. The summed E-state index contributed by atoms with van der Waals surface area (Å²) in [4.78, 5) is 26.1. The zero-order valence-corrected chi connectivity index (χ0v) is 19.9. The summed E-state index contributed by atoms with van der Waals surface area (Å²) in [5.41, 5.74) is 11.6. The summed E-state index contributed by atoms with van der Waals surface area (Å²) < 4.78 is 15.4. The van der Waals surface area contributed by atoms with Gasteiger partial charge < -0.3 is 15.6 Å². The van der Waals surface area contributed by atoms with Gasteiger partial charge in [0.25, 0.3) is 5.91 Å². The number of aryl methyl sites for hydroxylation is 1. The molecule has 0 aliphatic rings. The first-order chi connectivity index (χ1) is 16.8. The third kappa shape index (κ3) is 4.06. The standard InChI is InChI=1S/C26H21FN6OS/c1-14(2)25(34)32-18-10-6-15(7-11-18)22-20(21-23(28)30-13-31-24(21)33(22)3)19-12-29-26(35-19)16-4-8-17(27)9-5-16/h4-13H,1H2,2-3H3,(H,32,34)(H2,28,30,31). The van der Waals surface area contributed by atoms with Crippen LogP contribution in [0, 0.1) is 5.82 Å². The zero-order chi connectivity index (χ0) is 24.7. The number of hydrogen-bond acceptors (Lipinski definition) is 6. The van der Waals surface area contributed by atoms with Gasteiger partial charge in [-0.15, -0.1) is 11.3 Å². The summed E-state index contributed by atoms with van der Waals surface area (Å²) in [7, 11) is 1.92. The lowest BCUT2D eigenvalue weighted by molar-refractivity contribution is -0.112. The van der Waals surface area contributed by atoms with Crippen molar-refractivity contribution in [1.29, 1.82) is 0 Å². The number of nitrogen functional groups attached to an aromatic ring is 1. The monoisotopic (exact) mass is 484 g/mol. The Balaban J connectivity index is 1.65. The molecule has 7 nitrogen and oxygen atoms in total. The van der Waals surface area contributed by atoms with Crippen LogP contribution in [0.25, 0.3) is 43.3 Å². The van der Waals surface area contributed by atoms with E-state index >= 15 is 0 Å². The fourth-order valence-corrected chi connectivity index (χ4v) is 4.89. The van der Waals surface area contributed by atoms with Crippen LogP contribution >= 0.6 is 11.3 Å². The van der Waals surface area contributed by atoms with E-state index in [-0.39, 0.29) is 11.7 Å². The van der Waals surface area contributed by atoms with E-state index in [0.717, 1.165) is 37.7 Å². The molecule has 0 atom stereocenters. The van der Waals surface area contributed by atoms with Crippen LogP contribution in [0.1, 0.15) is 6.92 Å². The topological polar surface area (TPSA) is 98.7 Å². The van der Waals surface area contributed by atoms with E-state index in [2.05, 4.69) is 26.8 Å². The van der Waals surface area contributed by atoms with E-state index in [1.807, 2.05) is 35.9 Å². The molecule has 0 aliphatic carbocycles. The first-order valence-electron chi connectivity index (χ1n) is 10.7. The number of carbonyl (C=O) groups excluding carboxylic acids is 1. The van der Waals surface area contributed by atoms with Crippen molar-refractivity contribution in [3.63, 3.8) is 0 Å². The number of nitrogens with zero attached hydrogens (tertiary/aromatic N) is 4. The number of hydrogen-bond donors (Lipinski definition) is 2. The highest BCUT2D eigenvalue weighted by atomic mass is 32.1. The zero-order valence-electron chi connectivity index (χ0n) is 19.0. The minimum Gasteiger partial charge on any atom is -0.383 e. The quantitative estimate of drug-likeness (QED) is 0.314. The Morgan fingerprint density at radius 1 is 1.06 bits per heavy atom. The van der Waals surface area contributed by atoms with Crippen LogP contribution in [0.15, 0.2) is 73.2 Å². The van der Waals surface area contributed by atoms with Gasteiger partial charge in [0.05, 0.1) is 16.0 Å². The Labute approximate surface area is 204 Å². The number of nitrogens with two attached hydrogens (primary N) is 1. The Morgan fingerprint density at radius 3 is 2.43 bits per heavy atom. The fraction of sp³-hybridized carbons (Fsp3) is 0.0769. The predicted octanol–water partition coefficient (Wildman–Crippen LogP) is 5.66. The molecule has 0 aliphatic heterocycles. The van der Waals surface area contributed by atoms with Crippen molar-refractivity contribution < 1.29 is 9.18 Å². The smallest absolute Gasteiger partial charge is 0.250 e. The maximum absolute atomic E-state index is 13.4. The predicted molar refractivity (Wildman–Crippen MR) is 138 cm³/mol. The molecular formula is C26H21FN6OS. The van der Waals surface area contributed by atoms with Crippen LogP contribution in [0.2, 0.25) is 0 Å². The second-order valence-corrected chi connectivity index (χ2v) is 9.12. The van der Waals surface area contributed by atoms with Gasteiger partial charge >= 0.3 is 0 Å². The van der Waals surface area contributed by atoms with Crippen molar-refractivity contribution in [2.24, 2.45) is 7.05 Å². The van der Waals surface area contributed by atoms with E-state index in [4.69, 9.17) is 5.73 Å². The first-order valence-corrected chi connectivity index (χ1v) is 11.5. The third-order valence-corrected chi connectivity index (χ3v) is 6.71. The van der Waals surface area contributed by atoms with Crippen LogP contribution in [0.5, 0.6) is 0 Å². The Bertz CT molecular complexity index is 1590. The van der Waals surface area contributed by atoms with Crippen LogP contribution in [0.3, 0.4) is 0 Å². The summed E-state index contributed by atoms with van der Waals surface area (Å²) in [6.07, 6.45) is 3.23. The Hall–Kier alpha value is -4.37. The molecule has 0 saturated heterocycles. The normalized spacial score (nSPS) is 11.1. The summed E-state index contributed by atoms with van der Waals surface area (Å²) in [6.45, 7) is 5.33. The second-order valence-electron chi connectivity index (χ2n) is 8.09. The number of rotatable bonds is 5. The molecule has 2 aromatic carbocycles. The second kappa shape index (κ2) is 8.77. The number of thiazole rings is 1. The van der Waals surface area contributed by atoms with Crippen LogP contribution < -0.4 is 11.1 Å². The average Bonchev–Trinajstić information content (AvgIpc) is 3.44. The molecule has 3 N–H and O–H groups in total. The van der Waals surface area contributed by atoms with Crippen molar-refractivity contribution in [1.82, 2.24) is 19.5 Å². The number of nitrogens with one attached hydrogen (secondary N) is 1. The van der Waals surface area contributed by atoms with E-state index < -0.39 is 0 Å². The van der Waals surface area contributed by atoms with Gasteiger partial charge in [-0.2, -0.15) is 0 Å². The third-order valence-electron chi connectivity index (χ3n) is 5.64. The van der Waals surface area contributed by atoms with Crippen LogP contribution in [-0.2, 0) is 11.8 Å². The van der Waals surface area contributed by atoms with Gasteiger partial charge in [-0.25, -0.2) is 19.3 Å². The molecule has 3 aromatic heterocycles. The molecule has 0 radical (unpaired) electrons. The molecule has 5 rings (SSSR count). The Morgan fingerprint density at radius 2 is 1.74 bits per heavy atom. The lowest BCUT2D eigenvalue weighted by Gasteiger charge is -2.09. The van der Waals surface area contributed by atoms with Gasteiger partial charge in [0.1, 0.15) is 28.6 Å². The SMILES string of the molecule is C=C(C)C(=O)Nc1ccc(-c2c(-c3cnc(-c4ccc(F)cc4)s3)c3c(N)ncnc3n2C)cc1. The van der Waals surface area contributed by atoms with Crippen molar-refractivity contribution in [2.45, 2.75) is 6.92 Å². The van der Waals surface area contributed by atoms with Gasteiger partial charge in [-0.3, -0.25) is 4.79 Å². The van der Waals surface area contributed by atoms with Crippen molar-refractivity contribution in [3.8, 4) is 32.3 Å². The van der Waals surface area contributed by atoms with Crippen molar-refractivity contribution >= 4 is 39.8 Å². The number of carbonyl (C=O) groups is 1. The largest absolute Gasteiger partial charge is 0.383 e. The van der Waals surface area contributed by atoms with Gasteiger partial charge in [0.15, 0.2) is 0 Å². The highest BCUT2D eigenvalue weighted by Crippen LogP contribution is 2.44. The van der Waals surface area contributed by atoms with E-state index in [1.54, 1.807) is 25.3 Å². The molecule has 1 amide bonds. The van der Waals surface area contributed by atoms with Crippen molar-refractivity contribution in [2.75, 3.05) is 11.1 Å². The van der Waals surface area contributed by atoms with Crippen LogP contribution in [0.4, 0.5) is 15.9 Å². The van der Waals surface area contributed by atoms with E-state index in [0.29, 0.717) is 22.7 Å². The molecule has 0 spiro atoms. The van der Waals surface area contributed by atoms with Gasteiger partial charge in [-0.05, 0) is 48.9 Å². The van der Waals surface area contributed by atoms with Crippen molar-refractivity contribution in [3.05, 3.63) is 79.0 Å². The lowest BCUT2D eigenvalue weighted by Crippen LogP contribution is -2.11. The molecule has 0 saturated carbocycles. The summed E-state index contributed by atoms with van der Waals surface area (Å²) in [5.74, 6) is -0.160. The first kappa shape index (κ1) is 22.4. The van der Waals surface area contributed by atoms with E-state index in [9.17, 15) is 9.18 Å². The van der Waals surface area contributed by atoms with Gasteiger partial charge in [0.2, 0.25) is 0 Å². The highest BCUT2D eigenvalue weighted by Gasteiger charge is 2.23. The molecule has 0 bridgehead atoms. The average molecular weight is 485 g/mol. The summed E-state index contributed by atoms with van der Waals surface area (Å²) in [6, 6.07) is 13.8. The molecule has 9 heteroatoms. The molecular weight excluding hydrogens is 463 g/mol. The fourth-order valence-electron chi connectivity index (χ4n) is 3.92. The highest BCUT2D eigenvalue weighted by molar-refractivity contribution is 7.18. The number of benzene rings is 2. The van der Waals surface area contributed by atoms with Gasteiger partial charge in [-0.1, -0.05) is 18.7 Å². The maximum atomic E-state index is 13.4. The minimum absolute atomic E-state index is 0.232. The molecule has 0 fully saturated rings. The Kier molecular flexibility index (Phi) is 5.62. The lowest BCUT2D eigenvalue weighted by atomic mass is 10.0. The van der Waals surface area contributed by atoms with Gasteiger partial charge in [0, 0.05) is 35.6 Å². The minimum atomic E-state index is -0.297. The number of fused-ring (bicyclic) bond motifs is 1. The van der Waals surface area contributed by atoms with E-state index in [1.165, 1.54) is 29.8 Å². The van der Waals surface area contributed by atoms with Crippen LogP contribution in [-0.4, -0.2) is 25.4 Å². The molecule has 5 aromatic rings. The number of amides is 1. The molecule has 0 unspecified atom stereocenters. The molecule has 174 valence electrons. The molecule has 35 heavy (non-hydrogen) atoms. The molecule has 3 heterocycles. The number of halogens is 1. The maximum Gasteiger partial charge on any atom is 0.250 e. The number of aromatic nitrogens is 4. The number of anilines is 2. The summed E-state index contributed by atoms with van der Waals surface area (Å²) >= 11 is 1.48.